The Morgan fingerprint density at radius 3 is 2.33 bits per heavy atom. The number of rotatable bonds is 5. The topological polar surface area (TPSA) is 76.5 Å². The third-order valence-corrected chi connectivity index (χ3v) is 1.55. The third kappa shape index (κ3) is 6.54. The largest absolute Gasteiger partial charge is 0.353 e. The molecule has 2 unspecified atom stereocenters. The first-order chi connectivity index (χ1) is 5.02. The molecule has 0 fully saturated rings. The van der Waals surface area contributed by atoms with Gasteiger partial charge in [-0.25, -0.2) is 0 Å². The summed E-state index contributed by atoms with van der Waals surface area (Å²) in [5, 5.41) is 12.4. The maximum Gasteiger partial charge on any atom is 0.222 e. The van der Waals surface area contributed by atoms with Crippen molar-refractivity contribution in [3.05, 3.63) is 0 Å². The molecule has 4 nitrogen and oxygen atoms in total. The molecule has 0 aliphatic heterocycles. The van der Waals surface area contributed by atoms with Gasteiger partial charge >= 0.3 is 0 Å². The average molecular weight is 178 g/mol. The molecule has 12 heavy (non-hydrogen) atoms. The number of aliphatic hydroxyl groups is 1. The van der Waals surface area contributed by atoms with Crippen LogP contribution in [0.4, 0.5) is 0 Å². The van der Waals surface area contributed by atoms with Crippen LogP contribution in [0.25, 0.3) is 0 Å². The van der Waals surface area contributed by atoms with Gasteiger partial charge in [0.2, 0.25) is 5.91 Å². The molecule has 0 spiro atoms. The summed E-state index contributed by atoms with van der Waals surface area (Å²) in [4.78, 5) is 0. The molecule has 0 rings (SSSR count). The van der Waals surface area contributed by atoms with E-state index in [1.165, 1.54) is 0 Å². The van der Waals surface area contributed by atoms with Gasteiger partial charge in [0, 0.05) is 19.6 Å². The van der Waals surface area contributed by atoms with Crippen LogP contribution in [-0.4, -0.2) is 23.7 Å². The molecule has 0 aliphatic rings. The highest BCUT2D eigenvalue weighted by Gasteiger charge is 2.20. The third-order valence-electron chi connectivity index (χ3n) is 1.55. The minimum atomic E-state index is -1.18. The van der Waals surface area contributed by atoms with Crippen molar-refractivity contribution in [3.8, 4) is 0 Å². The van der Waals surface area contributed by atoms with Gasteiger partial charge in [-0.05, 0) is 20.3 Å². The van der Waals surface area contributed by atoms with Crippen molar-refractivity contribution in [2.24, 2.45) is 0 Å². The number of ether oxygens (including phenoxy) is 1. The summed E-state index contributed by atoms with van der Waals surface area (Å²) >= 11 is 0. The van der Waals surface area contributed by atoms with Crippen LogP contribution in [0.5, 0.6) is 0 Å². The zero-order valence-corrected chi connectivity index (χ0v) is 8.55. The molecule has 2 atom stereocenters. The SMILES string of the molecule is CCOC(C)(O)NC(C)CC.N. The summed E-state index contributed by atoms with van der Waals surface area (Å²) < 4.78 is 5.05. The molecular weight excluding hydrogens is 156 g/mol. The standard InChI is InChI=1S/C8H19NO2.H3N/c1-5-7(3)9-8(4,10)11-6-2;/h7,9-10H,5-6H2,1-4H3;1H3. The van der Waals surface area contributed by atoms with E-state index in [0.29, 0.717) is 6.61 Å². The van der Waals surface area contributed by atoms with E-state index in [1.807, 2.05) is 13.8 Å². The van der Waals surface area contributed by atoms with Crippen molar-refractivity contribution in [1.29, 1.82) is 0 Å². The smallest absolute Gasteiger partial charge is 0.222 e. The van der Waals surface area contributed by atoms with E-state index >= 15 is 0 Å². The lowest BCUT2D eigenvalue weighted by molar-refractivity contribution is -0.213. The zero-order chi connectivity index (χ0) is 8.91. The van der Waals surface area contributed by atoms with Gasteiger partial charge in [0.25, 0.3) is 0 Å². The average Bonchev–Trinajstić information content (AvgIpc) is 1.86. The summed E-state index contributed by atoms with van der Waals surface area (Å²) in [6.45, 7) is 8.04. The Hall–Kier alpha value is -0.160. The fourth-order valence-electron chi connectivity index (χ4n) is 0.882. The Kier molecular flexibility index (Phi) is 7.62. The molecule has 76 valence electrons. The summed E-state index contributed by atoms with van der Waals surface area (Å²) in [5.41, 5.74) is 0. The van der Waals surface area contributed by atoms with E-state index in [9.17, 15) is 5.11 Å². The zero-order valence-electron chi connectivity index (χ0n) is 8.55. The lowest BCUT2D eigenvalue weighted by atomic mass is 10.2. The van der Waals surface area contributed by atoms with E-state index in [-0.39, 0.29) is 12.2 Å². The van der Waals surface area contributed by atoms with Gasteiger partial charge in [0.05, 0.1) is 0 Å². The Morgan fingerprint density at radius 1 is 1.50 bits per heavy atom. The van der Waals surface area contributed by atoms with Gasteiger partial charge in [0.1, 0.15) is 0 Å². The van der Waals surface area contributed by atoms with Crippen molar-refractivity contribution in [2.75, 3.05) is 6.61 Å². The Labute approximate surface area is 74.9 Å². The van der Waals surface area contributed by atoms with Gasteiger partial charge in [-0.3, -0.25) is 5.32 Å². The van der Waals surface area contributed by atoms with Crippen LogP contribution in [0.1, 0.15) is 34.1 Å². The summed E-state index contributed by atoms with van der Waals surface area (Å²) in [5.74, 6) is -1.18. The molecule has 0 heterocycles. The van der Waals surface area contributed by atoms with Gasteiger partial charge in [-0.1, -0.05) is 6.92 Å². The highest BCUT2D eigenvalue weighted by molar-refractivity contribution is 4.63. The first-order valence-corrected chi connectivity index (χ1v) is 4.15. The molecule has 5 N–H and O–H groups in total. The molecule has 0 amide bonds. The molecule has 0 bridgehead atoms. The molecule has 0 aromatic rings. The fourth-order valence-corrected chi connectivity index (χ4v) is 0.882. The summed E-state index contributed by atoms with van der Waals surface area (Å²) in [6.07, 6.45) is 0.975. The first kappa shape index (κ1) is 14.4. The maximum absolute atomic E-state index is 9.48. The van der Waals surface area contributed by atoms with Gasteiger partial charge < -0.3 is 16.0 Å². The van der Waals surface area contributed by atoms with Crippen LogP contribution < -0.4 is 11.5 Å². The van der Waals surface area contributed by atoms with E-state index < -0.39 is 5.91 Å². The number of nitrogens with one attached hydrogen (secondary N) is 1. The summed E-state index contributed by atoms with van der Waals surface area (Å²) in [6, 6.07) is 0.275. The minimum absolute atomic E-state index is 0. The normalized spacial score (nSPS) is 17.8. The second-order valence-electron chi connectivity index (χ2n) is 2.87. The van der Waals surface area contributed by atoms with Crippen molar-refractivity contribution >= 4 is 0 Å². The van der Waals surface area contributed by atoms with Crippen LogP contribution >= 0.6 is 0 Å². The maximum atomic E-state index is 9.48. The molecule has 0 saturated carbocycles. The van der Waals surface area contributed by atoms with Crippen LogP contribution in [0.2, 0.25) is 0 Å². The highest BCUT2D eigenvalue weighted by atomic mass is 16.6. The lowest BCUT2D eigenvalue weighted by Crippen LogP contribution is -2.48. The lowest BCUT2D eigenvalue weighted by Gasteiger charge is -2.27. The molecule has 0 aromatic carbocycles. The molecule has 4 heteroatoms. The van der Waals surface area contributed by atoms with Crippen LogP contribution in [-0.2, 0) is 4.74 Å². The van der Waals surface area contributed by atoms with Gasteiger partial charge in [-0.15, -0.1) is 0 Å². The molecule has 0 aromatic heterocycles. The van der Waals surface area contributed by atoms with Crippen molar-refractivity contribution in [1.82, 2.24) is 11.5 Å². The van der Waals surface area contributed by atoms with E-state index in [4.69, 9.17) is 4.74 Å². The van der Waals surface area contributed by atoms with Crippen molar-refractivity contribution in [2.45, 2.75) is 46.1 Å². The van der Waals surface area contributed by atoms with E-state index in [2.05, 4.69) is 12.2 Å². The van der Waals surface area contributed by atoms with Crippen LogP contribution in [0.15, 0.2) is 0 Å². The number of hydrogen-bond acceptors (Lipinski definition) is 4. The predicted octanol–water partition coefficient (Wildman–Crippen LogP) is 1.24. The second kappa shape index (κ2) is 6.37. The minimum Gasteiger partial charge on any atom is -0.353 e. The van der Waals surface area contributed by atoms with Crippen LogP contribution in [0.3, 0.4) is 0 Å². The van der Waals surface area contributed by atoms with Gasteiger partial charge in [0.15, 0.2) is 0 Å². The number of hydrogen-bond donors (Lipinski definition) is 3. The van der Waals surface area contributed by atoms with Crippen molar-refractivity contribution < 1.29 is 9.84 Å². The highest BCUT2D eigenvalue weighted by Crippen LogP contribution is 2.03. The summed E-state index contributed by atoms with van der Waals surface area (Å²) in [7, 11) is 0. The van der Waals surface area contributed by atoms with E-state index in [1.54, 1.807) is 6.92 Å². The molecule has 0 saturated heterocycles. The van der Waals surface area contributed by atoms with E-state index in [0.717, 1.165) is 6.42 Å². The monoisotopic (exact) mass is 178 g/mol. The molecule has 0 radical (unpaired) electrons. The molecule has 0 aliphatic carbocycles. The first-order valence-electron chi connectivity index (χ1n) is 4.15. The van der Waals surface area contributed by atoms with Gasteiger partial charge in [-0.2, -0.15) is 0 Å². The molecular formula is C8H22N2O2. The Morgan fingerprint density at radius 2 is 2.00 bits per heavy atom. The van der Waals surface area contributed by atoms with Crippen molar-refractivity contribution in [3.63, 3.8) is 0 Å². The Bertz CT molecular complexity index is 107. The Balaban J connectivity index is 0. The van der Waals surface area contributed by atoms with Crippen LogP contribution in [0, 0.1) is 0 Å². The quantitative estimate of drug-likeness (QED) is 0.553. The predicted molar refractivity (Wildman–Crippen MR) is 50.2 cm³/mol. The second-order valence-corrected chi connectivity index (χ2v) is 2.87. The fraction of sp³-hybridized carbons (Fsp3) is 1.00.